The van der Waals surface area contributed by atoms with Crippen LogP contribution in [0, 0.1) is 5.92 Å². The SMILES string of the molecule is CN(C)CCC12CCCCC1CCc1ccccc12. The molecule has 0 saturated heterocycles. The van der Waals surface area contributed by atoms with Crippen LogP contribution in [0.5, 0.6) is 0 Å². The molecule has 0 bridgehead atoms. The van der Waals surface area contributed by atoms with Crippen molar-refractivity contribution >= 4 is 0 Å². The monoisotopic (exact) mass is 257 g/mol. The molecule has 0 N–H and O–H groups in total. The maximum absolute atomic E-state index is 2.43. The van der Waals surface area contributed by atoms with Gasteiger partial charge in [-0.05, 0) is 75.2 Å². The molecule has 0 aliphatic heterocycles. The van der Waals surface area contributed by atoms with Crippen LogP contribution in [0.4, 0.5) is 0 Å². The summed E-state index contributed by atoms with van der Waals surface area (Å²) in [5, 5.41) is 0. The summed E-state index contributed by atoms with van der Waals surface area (Å²) in [4.78, 5) is 2.36. The molecule has 1 nitrogen and oxygen atoms in total. The molecule has 104 valence electrons. The average molecular weight is 257 g/mol. The van der Waals surface area contributed by atoms with Crippen LogP contribution in [-0.4, -0.2) is 25.5 Å². The van der Waals surface area contributed by atoms with E-state index in [0.29, 0.717) is 5.41 Å². The molecule has 1 fully saturated rings. The van der Waals surface area contributed by atoms with Gasteiger partial charge in [-0.2, -0.15) is 0 Å². The maximum atomic E-state index is 2.43. The highest BCUT2D eigenvalue weighted by Crippen LogP contribution is 2.52. The summed E-state index contributed by atoms with van der Waals surface area (Å²) in [6.45, 7) is 1.23. The minimum absolute atomic E-state index is 0.497. The molecule has 0 amide bonds. The molecule has 1 aromatic carbocycles. The summed E-state index contributed by atoms with van der Waals surface area (Å²) in [6, 6.07) is 9.29. The largest absolute Gasteiger partial charge is 0.309 e. The maximum Gasteiger partial charge on any atom is -0.000379 e. The predicted molar refractivity (Wildman–Crippen MR) is 81.6 cm³/mol. The van der Waals surface area contributed by atoms with Crippen LogP contribution >= 0.6 is 0 Å². The number of benzene rings is 1. The van der Waals surface area contributed by atoms with Crippen LogP contribution in [0.25, 0.3) is 0 Å². The first-order chi connectivity index (χ1) is 9.22. The Morgan fingerprint density at radius 3 is 2.84 bits per heavy atom. The summed E-state index contributed by atoms with van der Waals surface area (Å²) < 4.78 is 0. The van der Waals surface area contributed by atoms with Crippen molar-refractivity contribution in [2.75, 3.05) is 20.6 Å². The van der Waals surface area contributed by atoms with Gasteiger partial charge in [0.1, 0.15) is 0 Å². The molecule has 1 aromatic rings. The van der Waals surface area contributed by atoms with E-state index in [1.165, 1.54) is 51.5 Å². The molecule has 0 aromatic heterocycles. The van der Waals surface area contributed by atoms with Gasteiger partial charge in [0.2, 0.25) is 0 Å². The Balaban J connectivity index is 1.98. The third-order valence-corrected chi connectivity index (χ3v) is 5.53. The minimum atomic E-state index is 0.497. The Hall–Kier alpha value is -0.820. The van der Waals surface area contributed by atoms with Crippen LogP contribution in [0.3, 0.4) is 0 Å². The van der Waals surface area contributed by atoms with E-state index in [1.54, 1.807) is 11.1 Å². The summed E-state index contributed by atoms with van der Waals surface area (Å²) >= 11 is 0. The first kappa shape index (κ1) is 13.2. The molecule has 0 spiro atoms. The summed E-state index contributed by atoms with van der Waals surface area (Å²) in [7, 11) is 4.42. The van der Waals surface area contributed by atoms with Gasteiger partial charge in [-0.25, -0.2) is 0 Å². The van der Waals surface area contributed by atoms with Crippen LogP contribution in [0.1, 0.15) is 49.7 Å². The van der Waals surface area contributed by atoms with Gasteiger partial charge in [0.25, 0.3) is 0 Å². The molecule has 1 heteroatoms. The topological polar surface area (TPSA) is 3.24 Å². The fourth-order valence-corrected chi connectivity index (χ4v) is 4.53. The molecule has 0 radical (unpaired) electrons. The summed E-state index contributed by atoms with van der Waals surface area (Å²) in [5.74, 6) is 0.941. The summed E-state index contributed by atoms with van der Waals surface area (Å²) in [5.41, 5.74) is 3.84. The Bertz CT molecular complexity index is 437. The molecule has 2 unspecified atom stereocenters. The van der Waals surface area contributed by atoms with E-state index in [9.17, 15) is 0 Å². The normalized spacial score (nSPS) is 29.9. The van der Waals surface area contributed by atoms with Gasteiger partial charge in [-0.15, -0.1) is 0 Å². The average Bonchev–Trinajstić information content (AvgIpc) is 2.45. The highest BCUT2D eigenvalue weighted by Gasteiger charge is 2.44. The van der Waals surface area contributed by atoms with E-state index in [1.807, 2.05) is 0 Å². The van der Waals surface area contributed by atoms with E-state index in [2.05, 4.69) is 43.3 Å². The van der Waals surface area contributed by atoms with Gasteiger partial charge in [0.05, 0.1) is 0 Å². The van der Waals surface area contributed by atoms with Crippen molar-refractivity contribution < 1.29 is 0 Å². The molecule has 1 saturated carbocycles. The van der Waals surface area contributed by atoms with Crippen molar-refractivity contribution in [2.45, 2.75) is 50.4 Å². The van der Waals surface area contributed by atoms with Crippen molar-refractivity contribution in [1.82, 2.24) is 4.90 Å². The van der Waals surface area contributed by atoms with Crippen molar-refractivity contribution in [3.63, 3.8) is 0 Å². The lowest BCUT2D eigenvalue weighted by atomic mass is 9.56. The molecule has 3 rings (SSSR count). The van der Waals surface area contributed by atoms with E-state index < -0.39 is 0 Å². The molecular weight excluding hydrogens is 230 g/mol. The zero-order valence-electron chi connectivity index (χ0n) is 12.5. The number of nitrogens with zero attached hydrogens (tertiary/aromatic N) is 1. The zero-order valence-corrected chi connectivity index (χ0v) is 12.5. The predicted octanol–water partition coefficient (Wildman–Crippen LogP) is 4.01. The van der Waals surface area contributed by atoms with E-state index in [0.717, 1.165) is 5.92 Å². The standard InChI is InChI=1S/C18H27N/c1-19(2)14-13-18-12-6-5-8-16(18)11-10-15-7-3-4-9-17(15)18/h3-4,7,9,16H,5-6,8,10-14H2,1-2H3. The quantitative estimate of drug-likeness (QED) is 0.790. The van der Waals surface area contributed by atoms with Crippen molar-refractivity contribution in [2.24, 2.45) is 5.92 Å². The van der Waals surface area contributed by atoms with Crippen LogP contribution < -0.4 is 0 Å². The third kappa shape index (κ3) is 2.33. The van der Waals surface area contributed by atoms with Gasteiger partial charge < -0.3 is 4.90 Å². The molecule has 2 aliphatic carbocycles. The Labute approximate surface area is 118 Å². The second kappa shape index (κ2) is 5.28. The molecule has 2 atom stereocenters. The van der Waals surface area contributed by atoms with Gasteiger partial charge in [-0.3, -0.25) is 0 Å². The van der Waals surface area contributed by atoms with Gasteiger partial charge in [0, 0.05) is 0 Å². The third-order valence-electron chi connectivity index (χ3n) is 5.53. The highest BCUT2D eigenvalue weighted by atomic mass is 15.0. The van der Waals surface area contributed by atoms with Crippen LogP contribution in [-0.2, 0) is 11.8 Å². The lowest BCUT2D eigenvalue weighted by molar-refractivity contribution is 0.136. The van der Waals surface area contributed by atoms with Crippen molar-refractivity contribution in [3.05, 3.63) is 35.4 Å². The Morgan fingerprint density at radius 1 is 1.16 bits per heavy atom. The van der Waals surface area contributed by atoms with E-state index in [-0.39, 0.29) is 0 Å². The molecular formula is C18H27N. The lowest BCUT2D eigenvalue weighted by Crippen LogP contribution is -2.43. The molecule has 2 aliphatic rings. The fraction of sp³-hybridized carbons (Fsp3) is 0.667. The molecule has 19 heavy (non-hydrogen) atoms. The second-order valence-electron chi connectivity index (χ2n) is 6.85. The van der Waals surface area contributed by atoms with E-state index in [4.69, 9.17) is 0 Å². The summed E-state index contributed by atoms with van der Waals surface area (Å²) in [6.07, 6.45) is 9.84. The Morgan fingerprint density at radius 2 is 2.00 bits per heavy atom. The zero-order chi connectivity index (χ0) is 13.3. The highest BCUT2D eigenvalue weighted by molar-refractivity contribution is 5.38. The number of rotatable bonds is 3. The molecule has 0 heterocycles. The number of fused-ring (bicyclic) bond motifs is 3. The fourth-order valence-electron chi connectivity index (χ4n) is 4.53. The van der Waals surface area contributed by atoms with Gasteiger partial charge in [-0.1, -0.05) is 37.1 Å². The minimum Gasteiger partial charge on any atom is -0.309 e. The van der Waals surface area contributed by atoms with Crippen LogP contribution in [0.2, 0.25) is 0 Å². The number of aryl methyl sites for hydroxylation is 1. The first-order valence-corrected chi connectivity index (χ1v) is 7.95. The smallest absolute Gasteiger partial charge is 0.000379 e. The van der Waals surface area contributed by atoms with Crippen molar-refractivity contribution in [3.8, 4) is 0 Å². The van der Waals surface area contributed by atoms with Crippen molar-refractivity contribution in [1.29, 1.82) is 0 Å². The Kier molecular flexibility index (Phi) is 3.66. The number of hydrogen-bond donors (Lipinski definition) is 0. The van der Waals surface area contributed by atoms with Gasteiger partial charge >= 0.3 is 0 Å². The van der Waals surface area contributed by atoms with Gasteiger partial charge in [0.15, 0.2) is 0 Å². The van der Waals surface area contributed by atoms with E-state index >= 15 is 0 Å². The lowest BCUT2D eigenvalue weighted by Gasteiger charge is -2.49. The van der Waals surface area contributed by atoms with Crippen LogP contribution in [0.15, 0.2) is 24.3 Å². The second-order valence-corrected chi connectivity index (χ2v) is 6.85. The number of hydrogen-bond acceptors (Lipinski definition) is 1. The first-order valence-electron chi connectivity index (χ1n) is 7.95.